The monoisotopic (exact) mass is 255 g/mol. The summed E-state index contributed by atoms with van der Waals surface area (Å²) >= 11 is 0. The molecule has 100 valence electrons. The minimum atomic E-state index is -1.65. The van der Waals surface area contributed by atoms with E-state index in [4.69, 9.17) is 14.6 Å². The maximum atomic E-state index is 10.8. The fraction of sp³-hybridized carbons (Fsp3) is 0.417. The van der Waals surface area contributed by atoms with E-state index in [1.807, 2.05) is 14.1 Å². The van der Waals surface area contributed by atoms with E-state index >= 15 is 0 Å². The highest BCUT2D eigenvalue weighted by atomic mass is 16.5. The highest BCUT2D eigenvalue weighted by Crippen LogP contribution is 2.37. The van der Waals surface area contributed by atoms with Crippen molar-refractivity contribution in [1.82, 2.24) is 0 Å². The summed E-state index contributed by atoms with van der Waals surface area (Å²) in [6.07, 6.45) is -1.65. The summed E-state index contributed by atoms with van der Waals surface area (Å²) in [5, 5.41) is 18.5. The number of aliphatic hydroxyl groups is 1. The first kappa shape index (κ1) is 14.1. The molecule has 1 aromatic carbocycles. The van der Waals surface area contributed by atoms with Gasteiger partial charge in [0.1, 0.15) is 11.5 Å². The van der Waals surface area contributed by atoms with Crippen LogP contribution >= 0.6 is 0 Å². The molecule has 1 rings (SSSR count). The number of carboxylic acid groups (broad SMARTS) is 1. The van der Waals surface area contributed by atoms with Gasteiger partial charge in [-0.1, -0.05) is 0 Å². The van der Waals surface area contributed by atoms with E-state index in [0.717, 1.165) is 5.69 Å². The molecule has 0 bridgehead atoms. The van der Waals surface area contributed by atoms with Crippen LogP contribution in [0.15, 0.2) is 12.1 Å². The van der Waals surface area contributed by atoms with Crippen molar-refractivity contribution in [2.75, 3.05) is 33.2 Å². The Balaban J connectivity index is 3.39. The summed E-state index contributed by atoms with van der Waals surface area (Å²) in [4.78, 5) is 12.6. The van der Waals surface area contributed by atoms with Gasteiger partial charge in [-0.05, 0) is 6.07 Å². The molecular formula is C12H17NO5. The van der Waals surface area contributed by atoms with Crippen LogP contribution in [0, 0.1) is 0 Å². The zero-order valence-corrected chi connectivity index (χ0v) is 10.8. The summed E-state index contributed by atoms with van der Waals surface area (Å²) < 4.78 is 10.3. The normalized spacial score (nSPS) is 11.8. The first-order valence-electron chi connectivity index (χ1n) is 5.26. The lowest BCUT2D eigenvalue weighted by Gasteiger charge is -2.20. The molecule has 6 nitrogen and oxygen atoms in total. The molecule has 1 aromatic rings. The summed E-state index contributed by atoms with van der Waals surface area (Å²) in [7, 11) is 6.54. The van der Waals surface area contributed by atoms with Crippen LogP contribution in [-0.2, 0) is 4.79 Å². The molecule has 0 radical (unpaired) electrons. The van der Waals surface area contributed by atoms with Gasteiger partial charge in [0, 0.05) is 25.7 Å². The fourth-order valence-electron chi connectivity index (χ4n) is 1.60. The third kappa shape index (κ3) is 2.65. The third-order valence-electron chi connectivity index (χ3n) is 2.54. The molecule has 0 heterocycles. The first-order chi connectivity index (χ1) is 8.42. The number of carbonyl (C=O) groups is 1. The van der Waals surface area contributed by atoms with Crippen LogP contribution in [0.25, 0.3) is 0 Å². The van der Waals surface area contributed by atoms with Crippen LogP contribution < -0.4 is 14.4 Å². The molecule has 1 atom stereocenters. The van der Waals surface area contributed by atoms with Crippen LogP contribution in [0.3, 0.4) is 0 Å². The van der Waals surface area contributed by atoms with E-state index in [2.05, 4.69) is 0 Å². The molecule has 1 unspecified atom stereocenters. The van der Waals surface area contributed by atoms with Gasteiger partial charge in [-0.2, -0.15) is 0 Å². The number of hydrogen-bond acceptors (Lipinski definition) is 5. The van der Waals surface area contributed by atoms with Crippen LogP contribution in [0.5, 0.6) is 11.5 Å². The SMILES string of the molecule is COc1cc(N(C)C)c(OC)cc1C(O)C(=O)O. The van der Waals surface area contributed by atoms with E-state index < -0.39 is 12.1 Å². The molecule has 0 amide bonds. The van der Waals surface area contributed by atoms with Crippen molar-refractivity contribution in [1.29, 1.82) is 0 Å². The van der Waals surface area contributed by atoms with Gasteiger partial charge in [0.25, 0.3) is 0 Å². The van der Waals surface area contributed by atoms with E-state index in [1.54, 1.807) is 11.0 Å². The standard InChI is InChI=1S/C12H17NO5/c1-13(2)8-6-9(17-3)7(5-10(8)18-4)11(14)12(15)16/h5-6,11,14H,1-4H3,(H,15,16). The highest BCUT2D eigenvalue weighted by Gasteiger charge is 2.23. The van der Waals surface area contributed by atoms with Crippen molar-refractivity contribution < 1.29 is 24.5 Å². The second-order valence-electron chi connectivity index (χ2n) is 3.90. The van der Waals surface area contributed by atoms with Crippen molar-refractivity contribution in [3.05, 3.63) is 17.7 Å². The smallest absolute Gasteiger partial charge is 0.337 e. The van der Waals surface area contributed by atoms with Gasteiger partial charge >= 0.3 is 5.97 Å². The zero-order chi connectivity index (χ0) is 13.9. The number of ether oxygens (including phenoxy) is 2. The van der Waals surface area contributed by atoms with Gasteiger partial charge in [0.15, 0.2) is 6.10 Å². The van der Waals surface area contributed by atoms with E-state index in [-0.39, 0.29) is 5.56 Å². The average Bonchev–Trinajstić information content (AvgIpc) is 2.35. The Morgan fingerprint density at radius 3 is 2.17 bits per heavy atom. The van der Waals surface area contributed by atoms with Crippen LogP contribution in [-0.4, -0.2) is 44.5 Å². The van der Waals surface area contributed by atoms with E-state index in [0.29, 0.717) is 11.5 Å². The molecular weight excluding hydrogens is 238 g/mol. The van der Waals surface area contributed by atoms with Crippen molar-refractivity contribution >= 4 is 11.7 Å². The minimum Gasteiger partial charge on any atom is -0.496 e. The number of aliphatic hydroxyl groups excluding tert-OH is 1. The average molecular weight is 255 g/mol. The number of anilines is 1. The van der Waals surface area contributed by atoms with Gasteiger partial charge in [-0.3, -0.25) is 0 Å². The van der Waals surface area contributed by atoms with E-state index in [1.165, 1.54) is 20.3 Å². The number of carboxylic acids is 1. The molecule has 0 aliphatic heterocycles. The first-order valence-corrected chi connectivity index (χ1v) is 5.26. The van der Waals surface area contributed by atoms with Gasteiger partial charge in [0.05, 0.1) is 19.9 Å². The molecule has 0 aliphatic carbocycles. The minimum absolute atomic E-state index is 0.160. The molecule has 2 N–H and O–H groups in total. The van der Waals surface area contributed by atoms with Gasteiger partial charge in [-0.15, -0.1) is 0 Å². The maximum absolute atomic E-state index is 10.8. The van der Waals surface area contributed by atoms with E-state index in [9.17, 15) is 9.90 Å². The van der Waals surface area contributed by atoms with Crippen molar-refractivity contribution in [3.63, 3.8) is 0 Å². The molecule has 0 aromatic heterocycles. The summed E-state index contributed by atoms with van der Waals surface area (Å²) in [5.41, 5.74) is 0.892. The summed E-state index contributed by atoms with van der Waals surface area (Å²) in [6.45, 7) is 0. The lowest BCUT2D eigenvalue weighted by atomic mass is 10.1. The van der Waals surface area contributed by atoms with Crippen LogP contribution in [0.4, 0.5) is 5.69 Å². The number of rotatable bonds is 5. The molecule has 0 saturated heterocycles. The predicted molar refractivity (Wildman–Crippen MR) is 66.5 cm³/mol. The lowest BCUT2D eigenvalue weighted by Crippen LogP contribution is -2.14. The third-order valence-corrected chi connectivity index (χ3v) is 2.54. The van der Waals surface area contributed by atoms with Crippen molar-refractivity contribution in [2.45, 2.75) is 6.10 Å². The number of hydrogen-bond donors (Lipinski definition) is 2. The number of aliphatic carboxylic acids is 1. The highest BCUT2D eigenvalue weighted by molar-refractivity contribution is 5.77. The lowest BCUT2D eigenvalue weighted by molar-refractivity contribution is -0.147. The van der Waals surface area contributed by atoms with Crippen molar-refractivity contribution in [3.8, 4) is 11.5 Å². The van der Waals surface area contributed by atoms with Gasteiger partial charge in [0.2, 0.25) is 0 Å². The largest absolute Gasteiger partial charge is 0.496 e. The Bertz CT molecular complexity index is 444. The second kappa shape index (κ2) is 5.59. The Morgan fingerprint density at radius 2 is 1.78 bits per heavy atom. The quantitative estimate of drug-likeness (QED) is 0.813. The van der Waals surface area contributed by atoms with Gasteiger partial charge < -0.3 is 24.6 Å². The number of methoxy groups -OCH3 is 2. The molecule has 0 aliphatic rings. The molecule has 0 fully saturated rings. The van der Waals surface area contributed by atoms with Crippen LogP contribution in [0.1, 0.15) is 11.7 Å². The molecule has 18 heavy (non-hydrogen) atoms. The zero-order valence-electron chi connectivity index (χ0n) is 10.8. The predicted octanol–water partition coefficient (Wildman–Crippen LogP) is 0.888. The number of nitrogens with zero attached hydrogens (tertiary/aromatic N) is 1. The van der Waals surface area contributed by atoms with Crippen LogP contribution in [0.2, 0.25) is 0 Å². The summed E-state index contributed by atoms with van der Waals surface area (Å²) in [6, 6.07) is 3.09. The topological polar surface area (TPSA) is 79.2 Å². The summed E-state index contributed by atoms with van der Waals surface area (Å²) in [5.74, 6) is -0.571. The Labute approximate surface area is 105 Å². The Hall–Kier alpha value is -1.95. The second-order valence-corrected chi connectivity index (χ2v) is 3.90. The molecule has 0 spiro atoms. The molecule has 0 saturated carbocycles. The Morgan fingerprint density at radius 1 is 1.22 bits per heavy atom. The van der Waals surface area contributed by atoms with Crippen molar-refractivity contribution in [2.24, 2.45) is 0 Å². The molecule has 6 heteroatoms. The Kier molecular flexibility index (Phi) is 4.38. The van der Waals surface area contributed by atoms with Gasteiger partial charge in [-0.25, -0.2) is 4.79 Å². The maximum Gasteiger partial charge on any atom is 0.337 e. The fourth-order valence-corrected chi connectivity index (χ4v) is 1.60. The number of benzene rings is 1.